The second kappa shape index (κ2) is 3.46. The highest BCUT2D eigenvalue weighted by molar-refractivity contribution is 6.13. The van der Waals surface area contributed by atoms with Gasteiger partial charge in [-0.05, 0) is 32.6 Å². The molecule has 3 nitrogen and oxygen atoms in total. The van der Waals surface area contributed by atoms with Crippen LogP contribution in [0.2, 0.25) is 0 Å². The van der Waals surface area contributed by atoms with E-state index in [4.69, 9.17) is 0 Å². The lowest BCUT2D eigenvalue weighted by Gasteiger charge is -2.58. The molecule has 1 heterocycles. The number of carbonyl (C=O) groups is 2. The van der Waals surface area contributed by atoms with Gasteiger partial charge >= 0.3 is 0 Å². The number of hydrogen-bond donors (Lipinski definition) is 0. The van der Waals surface area contributed by atoms with E-state index in [2.05, 4.69) is 20.4 Å². The van der Waals surface area contributed by atoms with Crippen molar-refractivity contribution >= 4 is 11.7 Å². The number of nitrogens with zero attached hydrogens (tertiary/aromatic N) is 1. The Morgan fingerprint density at radius 2 is 1.89 bits per heavy atom. The van der Waals surface area contributed by atoms with Crippen molar-refractivity contribution in [2.45, 2.75) is 59.0 Å². The van der Waals surface area contributed by atoms with Crippen LogP contribution < -0.4 is 0 Å². The fourth-order valence-corrected chi connectivity index (χ4v) is 3.62. The highest BCUT2D eigenvalue weighted by Gasteiger charge is 2.70. The van der Waals surface area contributed by atoms with E-state index in [0.29, 0.717) is 12.8 Å². The van der Waals surface area contributed by atoms with Crippen molar-refractivity contribution in [3.63, 3.8) is 0 Å². The first-order valence-electron chi connectivity index (χ1n) is 6.56. The first-order valence-corrected chi connectivity index (χ1v) is 6.56. The van der Waals surface area contributed by atoms with Crippen molar-refractivity contribution in [1.29, 1.82) is 0 Å². The van der Waals surface area contributed by atoms with Crippen molar-refractivity contribution in [3.8, 4) is 0 Å². The maximum absolute atomic E-state index is 12.6. The average molecular weight is 249 g/mol. The fourth-order valence-electron chi connectivity index (χ4n) is 3.62. The molecule has 18 heavy (non-hydrogen) atoms. The molecular weight excluding hydrogens is 226 g/mol. The highest BCUT2D eigenvalue weighted by atomic mass is 16.2. The maximum atomic E-state index is 12.6. The molecule has 3 heteroatoms. The van der Waals surface area contributed by atoms with Gasteiger partial charge in [0.25, 0.3) is 0 Å². The molecule has 0 aromatic carbocycles. The second-order valence-corrected chi connectivity index (χ2v) is 7.44. The number of β-lactam (4-membered cyclic amide) rings is 1. The summed E-state index contributed by atoms with van der Waals surface area (Å²) in [6.45, 7) is 14.0. The van der Waals surface area contributed by atoms with Crippen LogP contribution in [0.3, 0.4) is 0 Å². The van der Waals surface area contributed by atoms with Crippen LogP contribution >= 0.6 is 0 Å². The van der Waals surface area contributed by atoms with Crippen molar-refractivity contribution < 1.29 is 9.59 Å². The van der Waals surface area contributed by atoms with Gasteiger partial charge in [0.15, 0.2) is 5.78 Å². The molecule has 2 rings (SSSR count). The Hall–Kier alpha value is -1.12. The van der Waals surface area contributed by atoms with Gasteiger partial charge in [0.1, 0.15) is 5.41 Å². The summed E-state index contributed by atoms with van der Waals surface area (Å²) >= 11 is 0. The first kappa shape index (κ1) is 13.3. The molecule has 0 unspecified atom stereocenters. The summed E-state index contributed by atoms with van der Waals surface area (Å²) in [5.41, 5.74) is -1.13. The van der Waals surface area contributed by atoms with Crippen LogP contribution in [-0.4, -0.2) is 28.2 Å². The topological polar surface area (TPSA) is 37.4 Å². The number of hydrogen-bond acceptors (Lipinski definition) is 2. The molecule has 0 aromatic heterocycles. The Morgan fingerprint density at radius 3 is 2.22 bits per heavy atom. The van der Waals surface area contributed by atoms with E-state index in [0.717, 1.165) is 0 Å². The first-order chi connectivity index (χ1) is 8.06. The van der Waals surface area contributed by atoms with Crippen molar-refractivity contribution in [1.82, 2.24) is 4.90 Å². The summed E-state index contributed by atoms with van der Waals surface area (Å²) in [7, 11) is 0. The molecule has 1 saturated heterocycles. The van der Waals surface area contributed by atoms with Gasteiger partial charge < -0.3 is 4.90 Å². The van der Waals surface area contributed by atoms with E-state index >= 15 is 0 Å². The standard InChI is InChI=1S/C15H23NO2/c1-7-10-15(9-14(5,6)8-11(15)17)12(18)16(10)13(2,3)4/h7,10H,1,8-9H2,2-6H3/t10-,15-/m0/s1. The lowest BCUT2D eigenvalue weighted by Crippen LogP contribution is -2.74. The van der Waals surface area contributed by atoms with Crippen LogP contribution in [0.25, 0.3) is 0 Å². The van der Waals surface area contributed by atoms with E-state index in [9.17, 15) is 9.59 Å². The molecule has 1 spiro atoms. The fraction of sp³-hybridized carbons (Fsp3) is 0.733. The van der Waals surface area contributed by atoms with E-state index < -0.39 is 5.41 Å². The molecule has 2 aliphatic rings. The Bertz CT molecular complexity index is 430. The van der Waals surface area contributed by atoms with Gasteiger partial charge in [-0.15, -0.1) is 6.58 Å². The molecule has 1 aliphatic heterocycles. The summed E-state index contributed by atoms with van der Waals surface area (Å²) in [5.74, 6) is 0.0957. The van der Waals surface area contributed by atoms with E-state index in [1.165, 1.54) is 0 Å². The molecular formula is C15H23NO2. The summed E-state index contributed by atoms with van der Waals surface area (Å²) in [5, 5.41) is 0. The predicted octanol–water partition coefficient (Wildman–Crippen LogP) is 2.56. The van der Waals surface area contributed by atoms with Gasteiger partial charge in [-0.1, -0.05) is 19.9 Å². The Balaban J connectivity index is 2.41. The molecule has 0 radical (unpaired) electrons. The Kier molecular flexibility index (Phi) is 2.56. The van der Waals surface area contributed by atoms with Gasteiger partial charge in [0, 0.05) is 12.0 Å². The quantitative estimate of drug-likeness (QED) is 0.407. The van der Waals surface area contributed by atoms with Gasteiger partial charge in [-0.3, -0.25) is 9.59 Å². The highest BCUT2D eigenvalue weighted by Crippen LogP contribution is 2.57. The number of likely N-dealkylation sites (tertiary alicyclic amines) is 1. The number of rotatable bonds is 1. The largest absolute Gasteiger partial charge is 0.329 e. The van der Waals surface area contributed by atoms with E-state index in [1.54, 1.807) is 11.0 Å². The third-order valence-corrected chi connectivity index (χ3v) is 4.22. The zero-order valence-corrected chi connectivity index (χ0v) is 12.0. The van der Waals surface area contributed by atoms with Crippen LogP contribution in [0.15, 0.2) is 12.7 Å². The molecule has 100 valence electrons. The van der Waals surface area contributed by atoms with Crippen molar-refractivity contribution in [3.05, 3.63) is 12.7 Å². The van der Waals surface area contributed by atoms with Crippen molar-refractivity contribution in [2.24, 2.45) is 10.8 Å². The zero-order chi connectivity index (χ0) is 13.9. The monoisotopic (exact) mass is 249 g/mol. The average Bonchev–Trinajstić information content (AvgIpc) is 2.43. The summed E-state index contributed by atoms with van der Waals surface area (Å²) in [4.78, 5) is 26.7. The second-order valence-electron chi connectivity index (χ2n) is 7.44. The van der Waals surface area contributed by atoms with E-state index in [1.807, 2.05) is 20.8 Å². The van der Waals surface area contributed by atoms with Gasteiger partial charge in [-0.25, -0.2) is 0 Å². The van der Waals surface area contributed by atoms with Gasteiger partial charge in [0.05, 0.1) is 6.04 Å². The number of amides is 1. The van der Waals surface area contributed by atoms with Crippen LogP contribution in [0, 0.1) is 10.8 Å². The normalized spacial score (nSPS) is 34.9. The predicted molar refractivity (Wildman–Crippen MR) is 71.0 cm³/mol. The third kappa shape index (κ3) is 1.49. The van der Waals surface area contributed by atoms with Gasteiger partial charge in [-0.2, -0.15) is 0 Å². The Labute approximate surface area is 109 Å². The van der Waals surface area contributed by atoms with Crippen LogP contribution in [0.4, 0.5) is 0 Å². The lowest BCUT2D eigenvalue weighted by atomic mass is 9.65. The van der Waals surface area contributed by atoms with Gasteiger partial charge in [0.2, 0.25) is 5.91 Å². The summed E-state index contributed by atoms with van der Waals surface area (Å²) in [6, 6.07) is -0.140. The molecule has 2 atom stereocenters. The minimum Gasteiger partial charge on any atom is -0.329 e. The minimum absolute atomic E-state index is 0.00419. The number of Topliss-reactive ketones (excluding diaryl/α,β-unsaturated/α-hetero) is 1. The van der Waals surface area contributed by atoms with E-state index in [-0.39, 0.29) is 28.7 Å². The molecule has 2 fully saturated rings. The van der Waals surface area contributed by atoms with Crippen LogP contribution in [-0.2, 0) is 9.59 Å². The Morgan fingerprint density at radius 1 is 1.33 bits per heavy atom. The molecule has 1 saturated carbocycles. The summed E-state index contributed by atoms with van der Waals surface area (Å²) in [6.07, 6.45) is 2.92. The maximum Gasteiger partial charge on any atom is 0.239 e. The molecule has 1 aliphatic carbocycles. The number of ketones is 1. The van der Waals surface area contributed by atoms with Crippen molar-refractivity contribution in [2.75, 3.05) is 0 Å². The summed E-state index contributed by atoms with van der Waals surface area (Å²) < 4.78 is 0. The lowest BCUT2D eigenvalue weighted by molar-refractivity contribution is -0.180. The zero-order valence-electron chi connectivity index (χ0n) is 12.0. The minimum atomic E-state index is -0.807. The molecule has 0 N–H and O–H groups in total. The smallest absolute Gasteiger partial charge is 0.239 e. The molecule has 0 bridgehead atoms. The molecule has 1 amide bonds. The molecule has 0 aromatic rings. The number of carbonyl (C=O) groups excluding carboxylic acids is 2. The van der Waals surface area contributed by atoms with Crippen LogP contribution in [0.5, 0.6) is 0 Å². The SMILES string of the molecule is C=C[C@@H]1N(C(C)(C)C)C(=O)[C@@]12CC(C)(C)CC2=O. The van der Waals surface area contributed by atoms with Crippen LogP contribution in [0.1, 0.15) is 47.5 Å². The third-order valence-electron chi connectivity index (χ3n) is 4.22.